The molecule has 0 aliphatic rings. The van der Waals surface area contributed by atoms with Crippen molar-refractivity contribution in [3.63, 3.8) is 0 Å². The Bertz CT molecular complexity index is 390. The largest absolute Gasteiger partial charge is 0.506 e. The van der Waals surface area contributed by atoms with Gasteiger partial charge in [0.25, 0.3) is 0 Å². The highest BCUT2D eigenvalue weighted by Gasteiger charge is 2.04. The smallest absolute Gasteiger partial charge is 0.330 e. The van der Waals surface area contributed by atoms with Crippen LogP contribution in [0.2, 0.25) is 0 Å². The summed E-state index contributed by atoms with van der Waals surface area (Å²) in [5.41, 5.74) is 0.854. The molecule has 0 radical (unpaired) electrons. The van der Waals surface area contributed by atoms with E-state index in [0.717, 1.165) is 12.7 Å². The highest BCUT2D eigenvalue weighted by molar-refractivity contribution is 14.1. The fourth-order valence-electron chi connectivity index (χ4n) is 0.914. The van der Waals surface area contributed by atoms with Gasteiger partial charge in [-0.2, -0.15) is 0 Å². The molecule has 15 heavy (non-hydrogen) atoms. The molecule has 0 bridgehead atoms. The van der Waals surface area contributed by atoms with Crippen molar-refractivity contribution in [1.82, 2.24) is 0 Å². The number of benzene rings is 1. The molecule has 1 aromatic carbocycles. The van der Waals surface area contributed by atoms with Gasteiger partial charge in [-0.15, -0.1) is 0 Å². The molecule has 80 valence electrons. The highest BCUT2D eigenvalue weighted by Crippen LogP contribution is 2.27. The number of hydrogen-bond acceptors (Lipinski definition) is 3. The zero-order valence-electron chi connectivity index (χ0n) is 7.83. The molecule has 0 fully saturated rings. The van der Waals surface area contributed by atoms with Gasteiger partial charge in [0.05, 0.1) is 14.3 Å². The summed E-state index contributed by atoms with van der Waals surface area (Å²) in [4.78, 5) is 10.9. The Morgan fingerprint density at radius 2 is 1.93 bits per heavy atom. The van der Waals surface area contributed by atoms with Gasteiger partial charge >= 0.3 is 5.97 Å². The molecule has 5 heteroatoms. The van der Waals surface area contributed by atoms with E-state index in [9.17, 15) is 9.90 Å². The van der Waals surface area contributed by atoms with E-state index in [2.05, 4.69) is 4.74 Å². The summed E-state index contributed by atoms with van der Waals surface area (Å²) in [6, 6.07) is 3.58. The van der Waals surface area contributed by atoms with Gasteiger partial charge < -0.3 is 9.84 Å². The molecule has 1 rings (SSSR count). The van der Waals surface area contributed by atoms with Gasteiger partial charge in [0.15, 0.2) is 0 Å². The Hall–Kier alpha value is -0.310. The van der Waals surface area contributed by atoms with E-state index in [1.165, 1.54) is 13.2 Å². The standard InChI is InChI=1S/C10H8I2O3/c1-15-9(13)3-2-6-4-7(11)10(14)8(12)5-6/h2-5,14H,1H3. The number of esters is 1. The van der Waals surface area contributed by atoms with Crippen molar-refractivity contribution in [2.24, 2.45) is 0 Å². The number of carbonyl (C=O) groups is 1. The molecule has 0 saturated heterocycles. The van der Waals surface area contributed by atoms with Crippen molar-refractivity contribution in [3.05, 3.63) is 30.9 Å². The van der Waals surface area contributed by atoms with E-state index in [0.29, 0.717) is 0 Å². The number of halogens is 2. The number of rotatable bonds is 2. The summed E-state index contributed by atoms with van der Waals surface area (Å²) in [5.74, 6) is -0.125. The lowest BCUT2D eigenvalue weighted by Crippen LogP contribution is -1.93. The monoisotopic (exact) mass is 430 g/mol. The third-order valence-corrected chi connectivity index (χ3v) is 3.30. The normalized spacial score (nSPS) is 10.6. The van der Waals surface area contributed by atoms with Crippen LogP contribution >= 0.6 is 45.2 Å². The van der Waals surface area contributed by atoms with Crippen LogP contribution in [-0.2, 0) is 9.53 Å². The van der Waals surface area contributed by atoms with Crippen LogP contribution in [0.4, 0.5) is 0 Å². The average Bonchev–Trinajstić information content (AvgIpc) is 2.22. The number of carbonyl (C=O) groups excluding carboxylic acids is 1. The Morgan fingerprint density at radius 3 is 2.40 bits per heavy atom. The third-order valence-electron chi connectivity index (χ3n) is 1.65. The van der Waals surface area contributed by atoms with Gasteiger partial charge in [0, 0.05) is 6.08 Å². The van der Waals surface area contributed by atoms with Gasteiger partial charge in [0.1, 0.15) is 5.75 Å². The molecular weight excluding hydrogens is 422 g/mol. The molecule has 0 saturated carbocycles. The van der Waals surface area contributed by atoms with Crippen LogP contribution in [0.1, 0.15) is 5.56 Å². The van der Waals surface area contributed by atoms with E-state index in [1.807, 2.05) is 45.2 Å². The molecule has 0 aliphatic carbocycles. The van der Waals surface area contributed by atoms with Crippen LogP contribution < -0.4 is 0 Å². The molecule has 0 unspecified atom stereocenters. The summed E-state index contributed by atoms with van der Waals surface area (Å²) in [6.07, 6.45) is 2.99. The zero-order valence-corrected chi connectivity index (χ0v) is 12.1. The number of phenols is 1. The zero-order chi connectivity index (χ0) is 11.4. The molecule has 3 nitrogen and oxygen atoms in total. The van der Waals surface area contributed by atoms with Crippen LogP contribution in [0.15, 0.2) is 18.2 Å². The molecule has 0 heterocycles. The molecule has 1 aromatic rings. The summed E-state index contributed by atoms with van der Waals surface area (Å²) < 4.78 is 5.98. The molecule has 0 atom stereocenters. The molecular formula is C10H8I2O3. The van der Waals surface area contributed by atoms with Crippen molar-refractivity contribution < 1.29 is 14.6 Å². The van der Waals surface area contributed by atoms with E-state index in [-0.39, 0.29) is 5.75 Å². The minimum atomic E-state index is -0.395. The summed E-state index contributed by atoms with van der Waals surface area (Å²) in [6.45, 7) is 0. The first-order valence-corrected chi connectivity index (χ1v) is 6.14. The number of hydrogen-bond donors (Lipinski definition) is 1. The van der Waals surface area contributed by atoms with Gasteiger partial charge in [0.2, 0.25) is 0 Å². The number of aromatic hydroxyl groups is 1. The van der Waals surface area contributed by atoms with E-state index in [1.54, 1.807) is 18.2 Å². The summed E-state index contributed by atoms with van der Waals surface area (Å²) >= 11 is 4.07. The Balaban J connectivity index is 2.97. The second kappa shape index (κ2) is 5.69. The van der Waals surface area contributed by atoms with Gasteiger partial charge in [-0.25, -0.2) is 4.79 Å². The van der Waals surface area contributed by atoms with Crippen LogP contribution in [0.5, 0.6) is 5.75 Å². The van der Waals surface area contributed by atoms with Crippen molar-refractivity contribution >= 4 is 57.2 Å². The predicted molar refractivity (Wildman–Crippen MR) is 74.6 cm³/mol. The first-order chi connectivity index (χ1) is 7.04. The second-order valence-electron chi connectivity index (χ2n) is 2.69. The van der Waals surface area contributed by atoms with E-state index < -0.39 is 5.97 Å². The highest BCUT2D eigenvalue weighted by atomic mass is 127. The first kappa shape index (κ1) is 12.8. The van der Waals surface area contributed by atoms with Gasteiger partial charge in [-0.1, -0.05) is 0 Å². The Labute approximate surface area is 115 Å². The molecule has 0 spiro atoms. The lowest BCUT2D eigenvalue weighted by molar-refractivity contribution is -0.134. The topological polar surface area (TPSA) is 46.5 Å². The molecule has 0 aromatic heterocycles. The quantitative estimate of drug-likeness (QED) is 0.446. The fraction of sp³-hybridized carbons (Fsp3) is 0.100. The van der Waals surface area contributed by atoms with Gasteiger partial charge in [-0.05, 0) is 69.0 Å². The maximum Gasteiger partial charge on any atom is 0.330 e. The van der Waals surface area contributed by atoms with Crippen LogP contribution in [0.25, 0.3) is 6.08 Å². The number of methoxy groups -OCH3 is 1. The second-order valence-corrected chi connectivity index (χ2v) is 5.01. The predicted octanol–water partition coefficient (Wildman–Crippen LogP) is 2.79. The minimum absolute atomic E-state index is 0.270. The average molecular weight is 430 g/mol. The Morgan fingerprint density at radius 1 is 1.40 bits per heavy atom. The first-order valence-electron chi connectivity index (χ1n) is 3.98. The fourth-order valence-corrected chi connectivity index (χ4v) is 2.73. The van der Waals surface area contributed by atoms with Crippen LogP contribution in [0, 0.1) is 7.14 Å². The minimum Gasteiger partial charge on any atom is -0.506 e. The van der Waals surface area contributed by atoms with Crippen LogP contribution in [0.3, 0.4) is 0 Å². The third kappa shape index (κ3) is 3.63. The van der Waals surface area contributed by atoms with Crippen molar-refractivity contribution in [1.29, 1.82) is 0 Å². The van der Waals surface area contributed by atoms with Crippen molar-refractivity contribution in [3.8, 4) is 5.75 Å². The van der Waals surface area contributed by atoms with Gasteiger partial charge in [-0.3, -0.25) is 0 Å². The molecule has 0 aliphatic heterocycles. The van der Waals surface area contributed by atoms with E-state index in [4.69, 9.17) is 0 Å². The van der Waals surface area contributed by atoms with Crippen molar-refractivity contribution in [2.75, 3.05) is 7.11 Å². The van der Waals surface area contributed by atoms with E-state index >= 15 is 0 Å². The maximum atomic E-state index is 10.9. The summed E-state index contributed by atoms with van der Waals surface area (Å²) in [5, 5.41) is 9.52. The van der Waals surface area contributed by atoms with Crippen molar-refractivity contribution in [2.45, 2.75) is 0 Å². The summed E-state index contributed by atoms with van der Waals surface area (Å²) in [7, 11) is 1.33. The lowest BCUT2D eigenvalue weighted by Gasteiger charge is -2.02. The lowest BCUT2D eigenvalue weighted by atomic mass is 10.2. The number of phenolic OH excluding ortho intramolecular Hbond substituents is 1. The van der Waals surface area contributed by atoms with Crippen LogP contribution in [-0.4, -0.2) is 18.2 Å². The Kier molecular flexibility index (Phi) is 4.84. The molecule has 1 N–H and O–H groups in total. The number of ether oxygens (including phenoxy) is 1. The SMILES string of the molecule is COC(=O)C=Cc1cc(I)c(O)c(I)c1. The molecule has 0 amide bonds. The maximum absolute atomic E-state index is 10.9.